The summed E-state index contributed by atoms with van der Waals surface area (Å²) in [6.45, 7) is 5.51. The summed E-state index contributed by atoms with van der Waals surface area (Å²) >= 11 is 0. The smallest absolute Gasteiger partial charge is 0.257 e. The largest absolute Gasteiger partial charge is 0.493 e. The molecule has 1 aliphatic heterocycles. The molecule has 4 rings (SSSR count). The summed E-state index contributed by atoms with van der Waals surface area (Å²) in [5.74, 6) is 0.902. The van der Waals surface area contributed by atoms with Crippen LogP contribution in [0.1, 0.15) is 55.2 Å². The Kier molecular flexibility index (Phi) is 5.70. The molecule has 3 aromatic rings. The first kappa shape index (κ1) is 19.3. The minimum Gasteiger partial charge on any atom is -0.493 e. The Balaban J connectivity index is 1.81. The summed E-state index contributed by atoms with van der Waals surface area (Å²) < 4.78 is 6.24. The number of nitrogens with zero attached hydrogens (tertiary/aromatic N) is 1. The molecule has 0 bridgehead atoms. The van der Waals surface area contributed by atoms with E-state index in [1.807, 2.05) is 54.3 Å². The van der Waals surface area contributed by atoms with E-state index >= 15 is 0 Å². The fourth-order valence-electron chi connectivity index (χ4n) is 4.06. The summed E-state index contributed by atoms with van der Waals surface area (Å²) in [5.41, 5.74) is 2.62. The van der Waals surface area contributed by atoms with Crippen molar-refractivity contribution in [3.8, 4) is 5.75 Å². The third-order valence-electron chi connectivity index (χ3n) is 5.57. The number of unbranched alkanes of at least 4 members (excludes halogenated alkanes) is 2. The molecule has 3 aromatic carbocycles. The number of para-hydroxylation sites is 1. The van der Waals surface area contributed by atoms with E-state index in [4.69, 9.17) is 4.74 Å². The Morgan fingerprint density at radius 3 is 2.59 bits per heavy atom. The first-order chi connectivity index (χ1) is 14.2. The molecule has 4 nitrogen and oxygen atoms in total. The average Bonchev–Trinajstić information content (AvgIpc) is 2.76. The highest BCUT2D eigenvalue weighted by Gasteiger charge is 2.34. The Labute approximate surface area is 172 Å². The van der Waals surface area contributed by atoms with Crippen molar-refractivity contribution in [3.05, 3.63) is 71.8 Å². The molecule has 1 heterocycles. The van der Waals surface area contributed by atoms with Crippen molar-refractivity contribution in [2.24, 2.45) is 0 Å². The van der Waals surface area contributed by atoms with Gasteiger partial charge in [-0.05, 0) is 42.3 Å². The van der Waals surface area contributed by atoms with Crippen LogP contribution in [-0.2, 0) is 0 Å². The minimum atomic E-state index is -0.269. The van der Waals surface area contributed by atoms with E-state index < -0.39 is 0 Å². The van der Waals surface area contributed by atoms with Gasteiger partial charge in [0.2, 0.25) is 0 Å². The van der Waals surface area contributed by atoms with Gasteiger partial charge < -0.3 is 15.0 Å². The van der Waals surface area contributed by atoms with E-state index in [-0.39, 0.29) is 12.1 Å². The van der Waals surface area contributed by atoms with Gasteiger partial charge in [-0.15, -0.1) is 0 Å². The Hall–Kier alpha value is -3.01. The van der Waals surface area contributed by atoms with Crippen molar-refractivity contribution >= 4 is 22.4 Å². The highest BCUT2D eigenvalue weighted by molar-refractivity contribution is 6.02. The summed E-state index contributed by atoms with van der Waals surface area (Å²) in [4.78, 5) is 15.1. The zero-order chi connectivity index (χ0) is 20.2. The third-order valence-corrected chi connectivity index (χ3v) is 5.57. The first-order valence-electron chi connectivity index (χ1n) is 10.6. The number of fused-ring (bicyclic) bond motifs is 2. The normalized spacial score (nSPS) is 15.9. The maximum Gasteiger partial charge on any atom is 0.257 e. The molecule has 1 atom stereocenters. The highest BCUT2D eigenvalue weighted by Crippen LogP contribution is 2.40. The van der Waals surface area contributed by atoms with Gasteiger partial charge in [-0.2, -0.15) is 0 Å². The first-order valence-corrected chi connectivity index (χ1v) is 10.6. The van der Waals surface area contributed by atoms with E-state index in [9.17, 15) is 4.79 Å². The summed E-state index contributed by atoms with van der Waals surface area (Å²) in [6, 6.07) is 20.2. The lowest BCUT2D eigenvalue weighted by molar-refractivity contribution is 0.0693. The van der Waals surface area contributed by atoms with Crippen molar-refractivity contribution in [2.75, 3.05) is 18.5 Å². The summed E-state index contributed by atoms with van der Waals surface area (Å²) in [5, 5.41) is 5.86. The standard InChI is InChI=1S/C25H28N2O2/c1-3-5-10-17-29-22-16-15-18-11-6-7-12-19(18)23(22)24-26-21-14-9-8-13-20(21)25(28)27(24)4-2/h6-9,11-16,24,26H,3-5,10,17H2,1-2H3. The fraction of sp³-hybridized carbons (Fsp3) is 0.320. The number of nitrogens with one attached hydrogen (secondary N) is 1. The third kappa shape index (κ3) is 3.67. The van der Waals surface area contributed by atoms with Gasteiger partial charge in [0.1, 0.15) is 11.9 Å². The molecule has 0 saturated carbocycles. The molecule has 0 aromatic heterocycles. The Morgan fingerprint density at radius 2 is 1.76 bits per heavy atom. The van der Waals surface area contributed by atoms with Gasteiger partial charge in [-0.3, -0.25) is 4.79 Å². The van der Waals surface area contributed by atoms with Gasteiger partial charge in [0.15, 0.2) is 0 Å². The lowest BCUT2D eigenvalue weighted by Gasteiger charge is -2.38. The molecule has 0 fully saturated rings. The number of rotatable bonds is 7. The van der Waals surface area contributed by atoms with Crippen molar-refractivity contribution in [1.82, 2.24) is 4.90 Å². The van der Waals surface area contributed by atoms with Crippen molar-refractivity contribution in [3.63, 3.8) is 0 Å². The Bertz CT molecular complexity index is 1010. The number of anilines is 1. The van der Waals surface area contributed by atoms with E-state index in [0.717, 1.165) is 52.6 Å². The van der Waals surface area contributed by atoms with Crippen LogP contribution >= 0.6 is 0 Å². The highest BCUT2D eigenvalue weighted by atomic mass is 16.5. The molecule has 0 spiro atoms. The Morgan fingerprint density at radius 1 is 0.966 bits per heavy atom. The number of ether oxygens (including phenoxy) is 1. The monoisotopic (exact) mass is 388 g/mol. The lowest BCUT2D eigenvalue weighted by atomic mass is 9.97. The molecule has 1 N–H and O–H groups in total. The molecule has 150 valence electrons. The molecule has 0 saturated heterocycles. The van der Waals surface area contributed by atoms with Gasteiger partial charge >= 0.3 is 0 Å². The van der Waals surface area contributed by atoms with E-state index in [0.29, 0.717) is 13.2 Å². The van der Waals surface area contributed by atoms with Crippen LogP contribution in [0, 0.1) is 0 Å². The minimum absolute atomic E-state index is 0.0525. The number of amides is 1. The van der Waals surface area contributed by atoms with E-state index in [1.54, 1.807) is 0 Å². The van der Waals surface area contributed by atoms with E-state index in [1.165, 1.54) is 0 Å². The molecular formula is C25H28N2O2. The van der Waals surface area contributed by atoms with Gasteiger partial charge in [0.25, 0.3) is 5.91 Å². The molecule has 1 unspecified atom stereocenters. The average molecular weight is 389 g/mol. The summed E-state index contributed by atoms with van der Waals surface area (Å²) in [7, 11) is 0. The molecule has 1 aliphatic rings. The zero-order valence-electron chi connectivity index (χ0n) is 17.2. The summed E-state index contributed by atoms with van der Waals surface area (Å²) in [6.07, 6.45) is 3.07. The van der Waals surface area contributed by atoms with Gasteiger partial charge in [-0.25, -0.2) is 0 Å². The predicted molar refractivity (Wildman–Crippen MR) is 118 cm³/mol. The van der Waals surface area contributed by atoms with Gasteiger partial charge in [0, 0.05) is 17.8 Å². The van der Waals surface area contributed by atoms with Crippen LogP contribution in [-0.4, -0.2) is 24.0 Å². The predicted octanol–water partition coefficient (Wildman–Crippen LogP) is 6.00. The molecule has 4 heteroatoms. The number of hydrogen-bond donors (Lipinski definition) is 1. The van der Waals surface area contributed by atoms with Crippen molar-refractivity contribution in [1.29, 1.82) is 0 Å². The lowest BCUT2D eigenvalue weighted by Crippen LogP contribution is -2.43. The topological polar surface area (TPSA) is 41.6 Å². The number of benzene rings is 3. The molecule has 29 heavy (non-hydrogen) atoms. The number of carbonyl (C=O) groups is 1. The number of carbonyl (C=O) groups excluding carboxylic acids is 1. The van der Waals surface area contributed by atoms with Crippen LogP contribution in [0.25, 0.3) is 10.8 Å². The molecule has 1 amide bonds. The fourth-order valence-corrected chi connectivity index (χ4v) is 4.06. The van der Waals surface area contributed by atoms with E-state index in [2.05, 4.69) is 30.4 Å². The molecule has 0 aliphatic carbocycles. The van der Waals surface area contributed by atoms with Gasteiger partial charge in [0.05, 0.1) is 12.2 Å². The maximum atomic E-state index is 13.2. The van der Waals surface area contributed by atoms with Crippen molar-refractivity contribution in [2.45, 2.75) is 39.3 Å². The molecule has 0 radical (unpaired) electrons. The SMILES string of the molecule is CCCCCOc1ccc2ccccc2c1C1Nc2ccccc2C(=O)N1CC. The van der Waals surface area contributed by atoms with Crippen LogP contribution in [0.3, 0.4) is 0 Å². The second-order valence-electron chi connectivity index (χ2n) is 7.44. The van der Waals surface area contributed by atoms with Crippen LogP contribution in [0.2, 0.25) is 0 Å². The second kappa shape index (κ2) is 8.56. The van der Waals surface area contributed by atoms with Crippen LogP contribution < -0.4 is 10.1 Å². The van der Waals surface area contributed by atoms with Crippen LogP contribution in [0.15, 0.2) is 60.7 Å². The molecular weight excluding hydrogens is 360 g/mol. The van der Waals surface area contributed by atoms with Crippen LogP contribution in [0.5, 0.6) is 5.75 Å². The second-order valence-corrected chi connectivity index (χ2v) is 7.44. The van der Waals surface area contributed by atoms with Crippen molar-refractivity contribution < 1.29 is 9.53 Å². The quantitative estimate of drug-likeness (QED) is 0.505. The van der Waals surface area contributed by atoms with Gasteiger partial charge in [-0.1, -0.05) is 62.2 Å². The maximum absolute atomic E-state index is 13.2. The van der Waals surface area contributed by atoms with Crippen LogP contribution in [0.4, 0.5) is 5.69 Å². The number of hydrogen-bond acceptors (Lipinski definition) is 3. The zero-order valence-corrected chi connectivity index (χ0v) is 17.2.